The molecule has 0 spiro atoms. The predicted molar refractivity (Wildman–Crippen MR) is 71.3 cm³/mol. The van der Waals surface area contributed by atoms with Gasteiger partial charge in [-0.05, 0) is 27.9 Å². The van der Waals surface area contributed by atoms with Crippen LogP contribution in [0.3, 0.4) is 0 Å². The summed E-state index contributed by atoms with van der Waals surface area (Å²) in [5, 5.41) is 10.1. The molecule has 1 aliphatic heterocycles. The Morgan fingerprint density at radius 1 is 1.42 bits per heavy atom. The van der Waals surface area contributed by atoms with E-state index >= 15 is 0 Å². The molecule has 6 heteroatoms. The Bertz CT molecular complexity index is 512. The number of carbonyl (C=O) groups excluding carboxylic acids is 1. The number of aliphatic hydroxyl groups excluding tert-OH is 1. The van der Waals surface area contributed by atoms with E-state index in [2.05, 4.69) is 20.7 Å². The van der Waals surface area contributed by atoms with Gasteiger partial charge >= 0.3 is 5.97 Å². The van der Waals surface area contributed by atoms with Crippen LogP contribution in [0.25, 0.3) is 0 Å². The molecule has 104 valence electrons. The summed E-state index contributed by atoms with van der Waals surface area (Å²) in [7, 11) is 1.24. The fourth-order valence-corrected chi connectivity index (χ4v) is 2.67. The van der Waals surface area contributed by atoms with Crippen LogP contribution in [0.15, 0.2) is 10.5 Å². The second-order valence-electron chi connectivity index (χ2n) is 4.51. The van der Waals surface area contributed by atoms with Gasteiger partial charge in [0, 0.05) is 11.1 Å². The Morgan fingerprint density at radius 2 is 2.05 bits per heavy atom. The van der Waals surface area contributed by atoms with Crippen LogP contribution < -0.4 is 9.47 Å². The number of aliphatic hydroxyl groups is 1. The second-order valence-corrected chi connectivity index (χ2v) is 5.36. The maximum Gasteiger partial charge on any atom is 0.339 e. The number of hydrogen-bond donors (Lipinski definition) is 1. The minimum Gasteiger partial charge on any atom is -0.467 e. The van der Waals surface area contributed by atoms with Gasteiger partial charge in [-0.3, -0.25) is 0 Å². The van der Waals surface area contributed by atoms with Crippen molar-refractivity contribution in [3.63, 3.8) is 0 Å². The Labute approximate surface area is 119 Å². The van der Waals surface area contributed by atoms with E-state index in [9.17, 15) is 9.90 Å². The Balaban J connectivity index is 2.60. The smallest absolute Gasteiger partial charge is 0.339 e. The van der Waals surface area contributed by atoms with Gasteiger partial charge < -0.3 is 19.3 Å². The van der Waals surface area contributed by atoms with Crippen LogP contribution in [0, 0.1) is 0 Å². The highest BCUT2D eigenvalue weighted by Gasteiger charge is 2.31. The van der Waals surface area contributed by atoms with Crippen LogP contribution in [-0.4, -0.2) is 25.0 Å². The maximum absolute atomic E-state index is 11.5. The molecule has 0 saturated heterocycles. The summed E-state index contributed by atoms with van der Waals surface area (Å²) in [5.74, 6) is 0.539. The summed E-state index contributed by atoms with van der Waals surface area (Å²) < 4.78 is 16.1. The second kappa shape index (κ2) is 5.38. The number of carbonyl (C=O) groups is 1. The largest absolute Gasteiger partial charge is 0.467 e. The van der Waals surface area contributed by atoms with Crippen molar-refractivity contribution in [2.24, 2.45) is 0 Å². The molecule has 2 rings (SSSR count). The number of methoxy groups -OCH3 is 1. The number of ether oxygens (including phenoxy) is 3. The molecule has 1 aliphatic rings. The van der Waals surface area contributed by atoms with Gasteiger partial charge in [0.05, 0.1) is 11.6 Å². The fraction of sp³-hybridized carbons (Fsp3) is 0.462. The van der Waals surface area contributed by atoms with Crippen molar-refractivity contribution in [2.75, 3.05) is 13.9 Å². The van der Waals surface area contributed by atoms with Gasteiger partial charge in [-0.25, -0.2) is 4.79 Å². The summed E-state index contributed by atoms with van der Waals surface area (Å²) in [4.78, 5) is 11.5. The van der Waals surface area contributed by atoms with Gasteiger partial charge in [0.2, 0.25) is 6.79 Å². The highest BCUT2D eigenvalue weighted by molar-refractivity contribution is 9.10. The van der Waals surface area contributed by atoms with Gasteiger partial charge in [0.25, 0.3) is 0 Å². The van der Waals surface area contributed by atoms with E-state index in [1.54, 1.807) is 6.07 Å². The molecule has 1 aromatic rings. The summed E-state index contributed by atoms with van der Waals surface area (Å²) in [6.45, 7) is 4.04. The zero-order chi connectivity index (χ0) is 14.2. The van der Waals surface area contributed by atoms with Crippen LogP contribution in [0.1, 0.15) is 37.0 Å². The Hall–Kier alpha value is -1.27. The third-order valence-corrected chi connectivity index (χ3v) is 3.55. The normalized spacial score (nSPS) is 14.6. The molecule has 0 saturated carbocycles. The zero-order valence-corrected chi connectivity index (χ0v) is 12.5. The van der Waals surface area contributed by atoms with E-state index in [1.165, 1.54) is 7.11 Å². The maximum atomic E-state index is 11.5. The lowest BCUT2D eigenvalue weighted by Crippen LogP contribution is -2.16. The lowest BCUT2D eigenvalue weighted by atomic mass is 9.92. The molecule has 19 heavy (non-hydrogen) atoms. The molecule has 5 nitrogen and oxygen atoms in total. The molecule has 1 N–H and O–H groups in total. The summed E-state index contributed by atoms with van der Waals surface area (Å²) in [6.07, 6.45) is -1.34. The first kappa shape index (κ1) is 14.1. The molecule has 1 atom stereocenters. The lowest BCUT2D eigenvalue weighted by molar-refractivity contribution is -0.150. The molecule has 0 amide bonds. The van der Waals surface area contributed by atoms with Gasteiger partial charge in [-0.15, -0.1) is 0 Å². The number of rotatable bonds is 3. The lowest BCUT2D eigenvalue weighted by Gasteiger charge is -2.19. The monoisotopic (exact) mass is 330 g/mol. The third kappa shape index (κ3) is 2.42. The average molecular weight is 331 g/mol. The minimum atomic E-state index is -1.34. The predicted octanol–water partition coefficient (Wildman–Crippen LogP) is 2.51. The van der Waals surface area contributed by atoms with Crippen LogP contribution >= 0.6 is 15.9 Å². The van der Waals surface area contributed by atoms with Crippen LogP contribution in [0.4, 0.5) is 0 Å². The molecule has 0 aliphatic carbocycles. The van der Waals surface area contributed by atoms with E-state index in [0.717, 1.165) is 5.56 Å². The van der Waals surface area contributed by atoms with Crippen molar-refractivity contribution in [1.29, 1.82) is 0 Å². The molecule has 0 radical (unpaired) electrons. The number of fused-ring (bicyclic) bond motifs is 1. The van der Waals surface area contributed by atoms with E-state index < -0.39 is 12.1 Å². The van der Waals surface area contributed by atoms with Crippen molar-refractivity contribution < 1.29 is 24.1 Å². The first-order valence-electron chi connectivity index (χ1n) is 5.85. The number of benzene rings is 1. The van der Waals surface area contributed by atoms with Crippen molar-refractivity contribution >= 4 is 21.9 Å². The van der Waals surface area contributed by atoms with Crippen LogP contribution in [0.2, 0.25) is 0 Å². The van der Waals surface area contributed by atoms with Crippen LogP contribution in [-0.2, 0) is 9.53 Å². The summed E-state index contributed by atoms with van der Waals surface area (Å²) in [5.41, 5.74) is 1.23. The van der Waals surface area contributed by atoms with Crippen molar-refractivity contribution in [3.8, 4) is 11.5 Å². The summed E-state index contributed by atoms with van der Waals surface area (Å²) >= 11 is 3.35. The quantitative estimate of drug-likeness (QED) is 0.862. The SMILES string of the molecule is COC(=O)C(O)c1cc(Br)c2c(c1C(C)C)OCO2. The highest BCUT2D eigenvalue weighted by atomic mass is 79.9. The van der Waals surface area contributed by atoms with Crippen LogP contribution in [0.5, 0.6) is 11.5 Å². The summed E-state index contributed by atoms with van der Waals surface area (Å²) in [6, 6.07) is 1.67. The van der Waals surface area contributed by atoms with E-state index in [0.29, 0.717) is 21.5 Å². The van der Waals surface area contributed by atoms with Gasteiger partial charge in [-0.1, -0.05) is 13.8 Å². The average Bonchev–Trinajstić information content (AvgIpc) is 2.85. The molecule has 0 bridgehead atoms. The zero-order valence-electron chi connectivity index (χ0n) is 10.9. The number of hydrogen-bond acceptors (Lipinski definition) is 5. The third-order valence-electron chi connectivity index (χ3n) is 2.96. The number of esters is 1. The van der Waals surface area contributed by atoms with Crippen molar-refractivity contribution in [2.45, 2.75) is 25.9 Å². The molecular weight excluding hydrogens is 316 g/mol. The molecule has 0 aromatic heterocycles. The van der Waals surface area contributed by atoms with E-state index in [-0.39, 0.29) is 12.7 Å². The van der Waals surface area contributed by atoms with E-state index in [1.807, 2.05) is 13.8 Å². The first-order valence-corrected chi connectivity index (χ1v) is 6.64. The molecule has 1 heterocycles. The van der Waals surface area contributed by atoms with Crippen molar-refractivity contribution in [3.05, 3.63) is 21.7 Å². The Kier molecular flexibility index (Phi) is 4.01. The van der Waals surface area contributed by atoms with E-state index in [4.69, 9.17) is 9.47 Å². The van der Waals surface area contributed by atoms with Crippen molar-refractivity contribution in [1.82, 2.24) is 0 Å². The molecule has 1 unspecified atom stereocenters. The standard InChI is InChI=1S/C13H15BrO5/c1-6(2)9-7(10(15)13(16)17-3)4-8(14)11-12(9)19-5-18-11/h4,6,10,15H,5H2,1-3H3. The fourth-order valence-electron chi connectivity index (χ4n) is 2.13. The molecular formula is C13H15BrO5. The topological polar surface area (TPSA) is 65.0 Å². The van der Waals surface area contributed by atoms with Gasteiger partial charge in [-0.2, -0.15) is 0 Å². The highest BCUT2D eigenvalue weighted by Crippen LogP contribution is 2.47. The molecule has 0 fully saturated rings. The number of halogens is 1. The molecule has 1 aromatic carbocycles. The van der Waals surface area contributed by atoms with Gasteiger partial charge in [0.1, 0.15) is 0 Å². The van der Waals surface area contributed by atoms with Gasteiger partial charge in [0.15, 0.2) is 17.6 Å². The first-order chi connectivity index (χ1) is 8.97. The minimum absolute atomic E-state index is 0.0675. The Morgan fingerprint density at radius 3 is 2.63 bits per heavy atom.